The van der Waals surface area contributed by atoms with Gasteiger partial charge in [-0.1, -0.05) is 37.6 Å². The third-order valence-corrected chi connectivity index (χ3v) is 5.17. The maximum atomic E-state index is 12.2. The van der Waals surface area contributed by atoms with Crippen LogP contribution in [0.25, 0.3) is 6.08 Å². The van der Waals surface area contributed by atoms with Crippen molar-refractivity contribution in [3.8, 4) is 5.75 Å². The Morgan fingerprint density at radius 1 is 1.23 bits per heavy atom. The van der Waals surface area contributed by atoms with E-state index in [1.54, 1.807) is 18.2 Å². The smallest absolute Gasteiger partial charge is 0.264 e. The Bertz CT molecular complexity index is 918. The van der Waals surface area contributed by atoms with E-state index in [4.69, 9.17) is 11.6 Å². The molecule has 0 aromatic heterocycles. The summed E-state index contributed by atoms with van der Waals surface area (Å²) in [6, 6.07) is 10.9. The van der Waals surface area contributed by atoms with Crippen LogP contribution in [0.2, 0.25) is 5.02 Å². The fourth-order valence-electron chi connectivity index (χ4n) is 2.58. The van der Waals surface area contributed by atoms with Gasteiger partial charge in [-0.15, -0.1) is 0 Å². The highest BCUT2D eigenvalue weighted by Crippen LogP contribution is 2.34. The maximum absolute atomic E-state index is 12.2. The maximum Gasteiger partial charge on any atom is 0.264 e. The number of carbonyl (C=O) groups is 1. The molecule has 1 amide bonds. The van der Waals surface area contributed by atoms with Crippen molar-refractivity contribution >= 4 is 46.2 Å². The monoisotopic (exact) mass is 386 g/mol. The van der Waals surface area contributed by atoms with Crippen molar-refractivity contribution < 1.29 is 9.90 Å². The van der Waals surface area contributed by atoms with E-state index in [0.717, 1.165) is 22.4 Å². The standard InChI is InChI=1S/C20H19ClN2O2S/c1-11(2)15-10-16(12(3)8-17(15)24)22-20-23-19(25)18(26-20)9-13-4-6-14(21)7-5-13/h4-11,24H,1-3H3,(H,22,23,25)/b18-9-. The second kappa shape index (κ2) is 7.56. The lowest BCUT2D eigenvalue weighted by molar-refractivity contribution is -0.115. The van der Waals surface area contributed by atoms with E-state index >= 15 is 0 Å². The lowest BCUT2D eigenvalue weighted by Crippen LogP contribution is -2.19. The Morgan fingerprint density at radius 2 is 1.92 bits per heavy atom. The summed E-state index contributed by atoms with van der Waals surface area (Å²) in [5, 5.41) is 14.0. The van der Waals surface area contributed by atoms with Crippen LogP contribution in [-0.2, 0) is 4.79 Å². The number of aryl methyl sites for hydroxylation is 1. The molecule has 0 bridgehead atoms. The second-order valence-electron chi connectivity index (χ2n) is 6.39. The zero-order chi connectivity index (χ0) is 18.8. The number of thioether (sulfide) groups is 1. The topological polar surface area (TPSA) is 61.7 Å². The minimum Gasteiger partial charge on any atom is -0.508 e. The summed E-state index contributed by atoms with van der Waals surface area (Å²) in [7, 11) is 0. The summed E-state index contributed by atoms with van der Waals surface area (Å²) in [5.41, 5.74) is 3.32. The van der Waals surface area contributed by atoms with Crippen molar-refractivity contribution in [3.05, 3.63) is 63.0 Å². The van der Waals surface area contributed by atoms with Gasteiger partial charge in [0.25, 0.3) is 5.91 Å². The molecule has 0 radical (unpaired) electrons. The van der Waals surface area contributed by atoms with E-state index in [-0.39, 0.29) is 17.6 Å². The largest absolute Gasteiger partial charge is 0.508 e. The highest BCUT2D eigenvalue weighted by Gasteiger charge is 2.24. The lowest BCUT2D eigenvalue weighted by atomic mass is 9.99. The van der Waals surface area contributed by atoms with Crippen LogP contribution >= 0.6 is 23.4 Å². The average molecular weight is 387 g/mol. The molecule has 3 rings (SSSR count). The summed E-state index contributed by atoms with van der Waals surface area (Å²) in [6.45, 7) is 5.91. The van der Waals surface area contributed by atoms with Gasteiger partial charge in [-0.2, -0.15) is 0 Å². The average Bonchev–Trinajstić information content (AvgIpc) is 2.91. The number of hydrogen-bond acceptors (Lipinski definition) is 4. The number of phenolic OH excluding ortho intramolecular Hbond substituents is 1. The first-order chi connectivity index (χ1) is 12.3. The molecular formula is C20H19ClN2O2S. The van der Waals surface area contributed by atoms with Gasteiger partial charge in [-0.3, -0.25) is 4.79 Å². The molecule has 2 N–H and O–H groups in total. The van der Waals surface area contributed by atoms with Crippen LogP contribution in [0, 0.1) is 6.92 Å². The first-order valence-electron chi connectivity index (χ1n) is 8.22. The number of phenols is 1. The Morgan fingerprint density at radius 3 is 2.58 bits per heavy atom. The first kappa shape index (κ1) is 18.5. The third-order valence-electron chi connectivity index (χ3n) is 4.01. The summed E-state index contributed by atoms with van der Waals surface area (Å²) in [6.07, 6.45) is 1.81. The van der Waals surface area contributed by atoms with Crippen LogP contribution in [0.3, 0.4) is 0 Å². The number of carbonyl (C=O) groups excluding carboxylic acids is 1. The van der Waals surface area contributed by atoms with Gasteiger partial charge >= 0.3 is 0 Å². The van der Waals surface area contributed by atoms with Crippen LogP contribution in [0.4, 0.5) is 5.69 Å². The number of halogens is 1. The molecule has 1 saturated heterocycles. The molecule has 2 aromatic carbocycles. The van der Waals surface area contributed by atoms with Gasteiger partial charge in [-0.25, -0.2) is 4.99 Å². The third kappa shape index (κ3) is 4.11. The van der Waals surface area contributed by atoms with E-state index < -0.39 is 0 Å². The summed E-state index contributed by atoms with van der Waals surface area (Å²) >= 11 is 7.18. The van der Waals surface area contributed by atoms with E-state index in [2.05, 4.69) is 10.3 Å². The molecule has 4 nitrogen and oxygen atoms in total. The predicted octanol–water partition coefficient (Wildman–Crippen LogP) is 5.37. The number of nitrogens with zero attached hydrogens (tertiary/aromatic N) is 1. The quantitative estimate of drug-likeness (QED) is 0.697. The Balaban J connectivity index is 1.89. The molecule has 1 aliphatic heterocycles. The fraction of sp³-hybridized carbons (Fsp3) is 0.200. The zero-order valence-corrected chi connectivity index (χ0v) is 16.3. The molecule has 1 heterocycles. The van der Waals surface area contributed by atoms with Gasteiger partial charge in [0.1, 0.15) is 5.75 Å². The molecule has 0 spiro atoms. The molecule has 1 fully saturated rings. The number of nitrogens with one attached hydrogen (secondary N) is 1. The zero-order valence-electron chi connectivity index (χ0n) is 14.7. The normalized spacial score (nSPS) is 17.3. The van der Waals surface area contributed by atoms with Crippen LogP contribution in [0.1, 0.15) is 36.5 Å². The minimum atomic E-state index is -0.177. The highest BCUT2D eigenvalue weighted by atomic mass is 35.5. The number of hydrogen-bond donors (Lipinski definition) is 2. The van der Waals surface area contributed by atoms with Crippen LogP contribution in [0.15, 0.2) is 46.3 Å². The Kier molecular flexibility index (Phi) is 5.39. The van der Waals surface area contributed by atoms with Gasteiger partial charge in [0, 0.05) is 5.02 Å². The van der Waals surface area contributed by atoms with Gasteiger partial charge < -0.3 is 10.4 Å². The van der Waals surface area contributed by atoms with Crippen molar-refractivity contribution in [2.24, 2.45) is 4.99 Å². The van der Waals surface area contributed by atoms with Gasteiger partial charge in [0.2, 0.25) is 0 Å². The number of benzene rings is 2. The van der Waals surface area contributed by atoms with Gasteiger partial charge in [-0.05, 0) is 71.6 Å². The second-order valence-corrected chi connectivity index (χ2v) is 7.85. The van der Waals surface area contributed by atoms with E-state index in [1.165, 1.54) is 11.8 Å². The molecule has 0 saturated carbocycles. The van der Waals surface area contributed by atoms with Crippen LogP contribution in [-0.4, -0.2) is 16.2 Å². The molecule has 0 aliphatic carbocycles. The molecule has 1 aliphatic rings. The number of aliphatic imine (C=N–C) groups is 1. The van der Waals surface area contributed by atoms with Crippen molar-refractivity contribution in [1.29, 1.82) is 0 Å². The minimum absolute atomic E-state index is 0.177. The Hall–Kier alpha value is -2.24. The predicted molar refractivity (Wildman–Crippen MR) is 109 cm³/mol. The molecule has 6 heteroatoms. The number of rotatable bonds is 3. The Labute approximate surface area is 162 Å². The number of aromatic hydroxyl groups is 1. The van der Waals surface area contributed by atoms with Gasteiger partial charge in [0.05, 0.1) is 10.6 Å². The number of amides is 1. The van der Waals surface area contributed by atoms with Gasteiger partial charge in [0.15, 0.2) is 5.17 Å². The van der Waals surface area contributed by atoms with Crippen molar-refractivity contribution in [2.75, 3.05) is 0 Å². The fourth-order valence-corrected chi connectivity index (χ4v) is 3.54. The molecule has 0 unspecified atom stereocenters. The summed E-state index contributed by atoms with van der Waals surface area (Å²) < 4.78 is 0. The van der Waals surface area contributed by atoms with E-state index in [0.29, 0.717) is 15.1 Å². The summed E-state index contributed by atoms with van der Waals surface area (Å²) in [5.74, 6) is 0.276. The van der Waals surface area contributed by atoms with Crippen molar-refractivity contribution in [3.63, 3.8) is 0 Å². The first-order valence-corrected chi connectivity index (χ1v) is 9.41. The molecule has 2 aromatic rings. The lowest BCUT2D eigenvalue weighted by Gasteiger charge is -2.11. The van der Waals surface area contributed by atoms with Crippen molar-refractivity contribution in [2.45, 2.75) is 26.7 Å². The van der Waals surface area contributed by atoms with Crippen LogP contribution in [0.5, 0.6) is 5.75 Å². The summed E-state index contributed by atoms with van der Waals surface area (Å²) in [4.78, 5) is 17.4. The van der Waals surface area contributed by atoms with Crippen molar-refractivity contribution in [1.82, 2.24) is 5.32 Å². The SMILES string of the molecule is Cc1cc(O)c(C(C)C)cc1N=C1NC(=O)/C(=C/c2ccc(Cl)cc2)S1. The van der Waals surface area contributed by atoms with E-state index in [1.807, 2.05) is 45.0 Å². The molecular weight excluding hydrogens is 368 g/mol. The molecule has 0 atom stereocenters. The molecule has 134 valence electrons. The van der Waals surface area contributed by atoms with Crippen LogP contribution < -0.4 is 5.32 Å². The molecule has 26 heavy (non-hydrogen) atoms. The highest BCUT2D eigenvalue weighted by molar-refractivity contribution is 8.18. The number of amidine groups is 1. The van der Waals surface area contributed by atoms with E-state index in [9.17, 15) is 9.90 Å².